The van der Waals surface area contributed by atoms with Crippen LogP contribution in [-0.4, -0.2) is 72.9 Å². The number of morpholine rings is 1. The average Bonchev–Trinajstić information content (AvgIpc) is 2.84. The molecule has 3 rings (SSSR count). The molecule has 0 unspecified atom stereocenters. The van der Waals surface area contributed by atoms with E-state index in [1.165, 1.54) is 12.2 Å². The molecule has 1 N–H and O–H groups in total. The maximum atomic E-state index is 5.40. The lowest BCUT2D eigenvalue weighted by atomic mass is 10.4. The summed E-state index contributed by atoms with van der Waals surface area (Å²) in [4.78, 5) is 18.2. The molecule has 2 aliphatic rings. The van der Waals surface area contributed by atoms with Crippen LogP contribution >= 0.6 is 11.8 Å². The summed E-state index contributed by atoms with van der Waals surface area (Å²) >= 11 is 2.00. The Balaban J connectivity index is 1.84. The van der Waals surface area contributed by atoms with Crippen LogP contribution in [0.15, 0.2) is 0 Å². The topological polar surface area (TPSA) is 66.4 Å². The maximum absolute atomic E-state index is 5.40. The Labute approximate surface area is 129 Å². The van der Waals surface area contributed by atoms with Crippen LogP contribution in [0.3, 0.4) is 0 Å². The van der Waals surface area contributed by atoms with Crippen molar-refractivity contribution in [3.63, 3.8) is 0 Å². The Morgan fingerprint density at radius 3 is 2.38 bits per heavy atom. The minimum Gasteiger partial charge on any atom is -0.378 e. The molecular weight excluding hydrogens is 288 g/mol. The van der Waals surface area contributed by atoms with E-state index in [9.17, 15) is 0 Å². The van der Waals surface area contributed by atoms with Crippen molar-refractivity contribution in [1.82, 2.24) is 15.0 Å². The van der Waals surface area contributed by atoms with E-state index in [0.717, 1.165) is 57.0 Å². The Kier molecular flexibility index (Phi) is 4.97. The van der Waals surface area contributed by atoms with Crippen molar-refractivity contribution < 1.29 is 4.74 Å². The van der Waals surface area contributed by atoms with Crippen LogP contribution in [0, 0.1) is 0 Å². The molecule has 8 heteroatoms. The lowest BCUT2D eigenvalue weighted by Crippen LogP contribution is -2.38. The summed E-state index contributed by atoms with van der Waals surface area (Å²) in [5.74, 6) is 4.53. The number of nitrogens with zero attached hydrogens (tertiary/aromatic N) is 5. The van der Waals surface area contributed by atoms with Crippen molar-refractivity contribution in [3.05, 3.63) is 0 Å². The Bertz CT molecular complexity index is 460. The van der Waals surface area contributed by atoms with E-state index in [1.807, 2.05) is 18.8 Å². The number of thioether (sulfide) groups is 1. The third-order valence-electron chi connectivity index (χ3n) is 3.63. The molecule has 2 saturated heterocycles. The van der Waals surface area contributed by atoms with Gasteiger partial charge in [0.05, 0.1) is 13.2 Å². The first-order valence-corrected chi connectivity index (χ1v) is 8.61. The normalized spacial score (nSPS) is 20.2. The van der Waals surface area contributed by atoms with Crippen LogP contribution in [0.2, 0.25) is 0 Å². The minimum absolute atomic E-state index is 0.637. The van der Waals surface area contributed by atoms with E-state index in [1.54, 1.807) is 0 Å². The monoisotopic (exact) mass is 310 g/mol. The third kappa shape index (κ3) is 3.68. The molecule has 7 nitrogen and oxygen atoms in total. The second kappa shape index (κ2) is 7.13. The molecule has 0 saturated carbocycles. The van der Waals surface area contributed by atoms with Crippen LogP contribution in [0.1, 0.15) is 6.42 Å². The number of hydrogen-bond acceptors (Lipinski definition) is 8. The van der Waals surface area contributed by atoms with E-state index in [4.69, 9.17) is 9.72 Å². The summed E-state index contributed by atoms with van der Waals surface area (Å²) in [6, 6.07) is 0. The van der Waals surface area contributed by atoms with Crippen LogP contribution in [0.4, 0.5) is 17.8 Å². The smallest absolute Gasteiger partial charge is 0.232 e. The van der Waals surface area contributed by atoms with Crippen molar-refractivity contribution >= 4 is 29.6 Å². The van der Waals surface area contributed by atoms with E-state index in [-0.39, 0.29) is 0 Å². The number of ether oxygens (including phenoxy) is 1. The Hall–Kier alpha value is -1.28. The second-order valence-corrected chi connectivity index (χ2v) is 6.29. The van der Waals surface area contributed by atoms with Crippen LogP contribution in [0.5, 0.6) is 0 Å². The molecule has 0 atom stereocenters. The van der Waals surface area contributed by atoms with Gasteiger partial charge >= 0.3 is 0 Å². The number of aromatic nitrogens is 3. The lowest BCUT2D eigenvalue weighted by Gasteiger charge is -2.28. The molecule has 21 heavy (non-hydrogen) atoms. The molecule has 3 heterocycles. The van der Waals surface area contributed by atoms with Gasteiger partial charge in [0.15, 0.2) is 0 Å². The van der Waals surface area contributed by atoms with Gasteiger partial charge in [-0.2, -0.15) is 26.7 Å². The number of nitrogens with one attached hydrogen (secondary N) is 1. The first-order chi connectivity index (χ1) is 10.4. The zero-order chi connectivity index (χ0) is 14.5. The van der Waals surface area contributed by atoms with Gasteiger partial charge in [0.2, 0.25) is 17.8 Å². The predicted molar refractivity (Wildman–Crippen MR) is 86.6 cm³/mol. The highest BCUT2D eigenvalue weighted by atomic mass is 32.2. The van der Waals surface area contributed by atoms with E-state index in [0.29, 0.717) is 5.95 Å². The average molecular weight is 310 g/mol. The number of anilines is 3. The Morgan fingerprint density at radius 1 is 0.952 bits per heavy atom. The van der Waals surface area contributed by atoms with Gasteiger partial charge in [-0.15, -0.1) is 0 Å². The molecule has 0 bridgehead atoms. The summed E-state index contributed by atoms with van der Waals surface area (Å²) in [6.07, 6.45) is 1.18. The van der Waals surface area contributed by atoms with Crippen molar-refractivity contribution in [2.45, 2.75) is 6.42 Å². The quantitative estimate of drug-likeness (QED) is 0.875. The molecule has 0 aromatic carbocycles. The molecule has 1 aromatic rings. The minimum atomic E-state index is 0.637. The third-order valence-corrected chi connectivity index (χ3v) is 4.68. The Morgan fingerprint density at radius 2 is 1.67 bits per heavy atom. The largest absolute Gasteiger partial charge is 0.378 e. The van der Waals surface area contributed by atoms with E-state index in [2.05, 4.69) is 25.1 Å². The maximum Gasteiger partial charge on any atom is 0.232 e. The molecular formula is C13H22N6OS. The highest BCUT2D eigenvalue weighted by Gasteiger charge is 2.19. The van der Waals surface area contributed by atoms with Gasteiger partial charge in [0, 0.05) is 39.0 Å². The molecule has 1 aromatic heterocycles. The van der Waals surface area contributed by atoms with Crippen LogP contribution in [0.25, 0.3) is 0 Å². The van der Waals surface area contributed by atoms with Crippen LogP contribution < -0.4 is 15.1 Å². The lowest BCUT2D eigenvalue weighted by molar-refractivity contribution is 0.122. The fourth-order valence-corrected chi connectivity index (χ4v) is 3.34. The molecule has 116 valence electrons. The molecule has 0 aliphatic carbocycles. The standard InChI is InChI=1S/C13H22N6OS/c1-14-11-15-12(18-3-2-9-21-10-6-18)17-13(16-11)19-4-7-20-8-5-19/h2-10H2,1H3,(H,14,15,16,17). The number of rotatable bonds is 3. The first kappa shape index (κ1) is 14.6. The predicted octanol–water partition coefficient (Wildman–Crippen LogP) is 0.693. The summed E-state index contributed by atoms with van der Waals surface area (Å²) in [5, 5.41) is 3.05. The zero-order valence-corrected chi connectivity index (χ0v) is 13.2. The highest BCUT2D eigenvalue weighted by molar-refractivity contribution is 7.99. The van der Waals surface area contributed by atoms with Crippen molar-refractivity contribution in [3.8, 4) is 0 Å². The SMILES string of the molecule is CNc1nc(N2CCOCC2)nc(N2CCCSCC2)n1. The summed E-state index contributed by atoms with van der Waals surface area (Å²) in [5.41, 5.74) is 0. The summed E-state index contributed by atoms with van der Waals surface area (Å²) in [7, 11) is 1.85. The number of hydrogen-bond donors (Lipinski definition) is 1. The van der Waals surface area contributed by atoms with Gasteiger partial charge in [-0.05, 0) is 12.2 Å². The summed E-state index contributed by atoms with van der Waals surface area (Å²) in [6.45, 7) is 5.15. The van der Waals surface area contributed by atoms with Gasteiger partial charge in [0.1, 0.15) is 0 Å². The zero-order valence-electron chi connectivity index (χ0n) is 12.4. The second-order valence-electron chi connectivity index (χ2n) is 5.06. The van der Waals surface area contributed by atoms with Gasteiger partial charge < -0.3 is 19.9 Å². The fraction of sp³-hybridized carbons (Fsp3) is 0.769. The summed E-state index contributed by atoms with van der Waals surface area (Å²) < 4.78 is 5.40. The van der Waals surface area contributed by atoms with Crippen molar-refractivity contribution in [2.75, 3.05) is 73.1 Å². The van der Waals surface area contributed by atoms with Gasteiger partial charge in [-0.25, -0.2) is 0 Å². The molecule has 0 spiro atoms. The molecule has 0 radical (unpaired) electrons. The first-order valence-electron chi connectivity index (χ1n) is 7.46. The van der Waals surface area contributed by atoms with Crippen LogP contribution in [-0.2, 0) is 4.74 Å². The fourth-order valence-electron chi connectivity index (χ4n) is 2.46. The highest BCUT2D eigenvalue weighted by Crippen LogP contribution is 2.20. The van der Waals surface area contributed by atoms with Crippen molar-refractivity contribution in [1.29, 1.82) is 0 Å². The van der Waals surface area contributed by atoms with Crippen molar-refractivity contribution in [2.24, 2.45) is 0 Å². The van der Waals surface area contributed by atoms with E-state index < -0.39 is 0 Å². The van der Waals surface area contributed by atoms with E-state index >= 15 is 0 Å². The molecule has 2 fully saturated rings. The molecule has 2 aliphatic heterocycles. The van der Waals surface area contributed by atoms with Gasteiger partial charge in [-0.1, -0.05) is 0 Å². The van der Waals surface area contributed by atoms with Gasteiger partial charge in [-0.3, -0.25) is 0 Å². The molecule has 0 amide bonds. The van der Waals surface area contributed by atoms with Gasteiger partial charge in [0.25, 0.3) is 0 Å².